The van der Waals surface area contributed by atoms with Crippen LogP contribution in [0.25, 0.3) is 0 Å². The number of para-hydroxylation sites is 1. The van der Waals surface area contributed by atoms with Crippen LogP contribution in [0.4, 0.5) is 0 Å². The minimum atomic E-state index is -0.492. The van der Waals surface area contributed by atoms with Crippen LogP contribution in [-0.2, 0) is 0 Å². The quantitative estimate of drug-likeness (QED) is 0.801. The van der Waals surface area contributed by atoms with E-state index in [1.807, 2.05) is 31.2 Å². The number of hydrogen-bond acceptors (Lipinski definition) is 2. The molecule has 0 saturated heterocycles. The first-order valence-corrected chi connectivity index (χ1v) is 7.58. The third-order valence-corrected chi connectivity index (χ3v) is 3.68. The Bertz CT molecular complexity index is 602. The second-order valence-electron chi connectivity index (χ2n) is 5.76. The van der Waals surface area contributed by atoms with Crippen molar-refractivity contribution in [1.82, 2.24) is 0 Å². The van der Waals surface area contributed by atoms with Crippen molar-refractivity contribution >= 4 is 0 Å². The summed E-state index contributed by atoms with van der Waals surface area (Å²) in [4.78, 5) is 0. The van der Waals surface area contributed by atoms with Gasteiger partial charge in [-0.3, -0.25) is 0 Å². The van der Waals surface area contributed by atoms with E-state index in [2.05, 4.69) is 39.0 Å². The van der Waals surface area contributed by atoms with Gasteiger partial charge < -0.3 is 9.84 Å². The fraction of sp³-hybridized carbons (Fsp3) is 0.368. The highest BCUT2D eigenvalue weighted by molar-refractivity contribution is 5.44. The molecule has 2 aromatic rings. The van der Waals surface area contributed by atoms with Gasteiger partial charge in [0, 0.05) is 5.56 Å². The van der Waals surface area contributed by atoms with Crippen LogP contribution >= 0.6 is 0 Å². The van der Waals surface area contributed by atoms with Crippen molar-refractivity contribution in [1.29, 1.82) is 0 Å². The molecule has 1 N–H and O–H groups in total. The van der Waals surface area contributed by atoms with Crippen LogP contribution < -0.4 is 4.74 Å². The first-order valence-electron chi connectivity index (χ1n) is 7.58. The van der Waals surface area contributed by atoms with Crippen LogP contribution in [0.5, 0.6) is 11.5 Å². The van der Waals surface area contributed by atoms with Gasteiger partial charge in [-0.2, -0.15) is 0 Å². The van der Waals surface area contributed by atoms with E-state index in [0.29, 0.717) is 12.3 Å². The molecular formula is C19H24O2. The Labute approximate surface area is 127 Å². The molecule has 2 heteroatoms. The van der Waals surface area contributed by atoms with Crippen LogP contribution in [-0.4, -0.2) is 5.11 Å². The third kappa shape index (κ3) is 3.64. The van der Waals surface area contributed by atoms with Gasteiger partial charge in [-0.05, 0) is 42.5 Å². The summed E-state index contributed by atoms with van der Waals surface area (Å²) in [6.07, 6.45) is 0.180. The fourth-order valence-corrected chi connectivity index (χ4v) is 2.39. The van der Waals surface area contributed by atoms with Crippen molar-refractivity contribution in [3.05, 3.63) is 59.2 Å². The predicted octanol–water partition coefficient (Wildman–Crippen LogP) is 5.35. The van der Waals surface area contributed by atoms with E-state index in [1.165, 1.54) is 11.1 Å². The molecule has 2 rings (SSSR count). The number of aliphatic hydroxyl groups is 1. The summed E-state index contributed by atoms with van der Waals surface area (Å²) in [5.41, 5.74) is 3.19. The van der Waals surface area contributed by atoms with E-state index in [0.717, 1.165) is 17.1 Å². The summed E-state index contributed by atoms with van der Waals surface area (Å²) in [6.45, 7) is 8.34. The van der Waals surface area contributed by atoms with Crippen molar-refractivity contribution < 1.29 is 9.84 Å². The number of hydrogen-bond donors (Lipinski definition) is 1. The smallest absolute Gasteiger partial charge is 0.133 e. The summed E-state index contributed by atoms with van der Waals surface area (Å²) < 4.78 is 6.15. The van der Waals surface area contributed by atoms with E-state index < -0.39 is 6.10 Å². The molecule has 0 heterocycles. The van der Waals surface area contributed by atoms with Gasteiger partial charge in [0.2, 0.25) is 0 Å². The molecule has 0 spiro atoms. The highest BCUT2D eigenvalue weighted by atomic mass is 16.5. The molecule has 0 unspecified atom stereocenters. The largest absolute Gasteiger partial charge is 0.457 e. The standard InChI is InChI=1S/C19H24O2/c1-5-17(20)16-8-6-7-9-18(16)21-19-12-14(4)10-11-15(19)13(2)3/h6-13,17,20H,5H2,1-4H3/t17-/m1/s1. The lowest BCUT2D eigenvalue weighted by Crippen LogP contribution is -2.00. The molecular weight excluding hydrogens is 260 g/mol. The van der Waals surface area contributed by atoms with Crippen molar-refractivity contribution in [2.75, 3.05) is 0 Å². The molecule has 112 valence electrons. The SMILES string of the molecule is CC[C@@H](O)c1ccccc1Oc1cc(C)ccc1C(C)C. The molecule has 21 heavy (non-hydrogen) atoms. The molecule has 0 saturated carbocycles. The molecule has 0 radical (unpaired) electrons. The zero-order chi connectivity index (χ0) is 15.4. The second kappa shape index (κ2) is 6.77. The Morgan fingerprint density at radius 3 is 2.38 bits per heavy atom. The lowest BCUT2D eigenvalue weighted by Gasteiger charge is -2.18. The fourth-order valence-electron chi connectivity index (χ4n) is 2.39. The van der Waals surface area contributed by atoms with Crippen LogP contribution in [0.3, 0.4) is 0 Å². The molecule has 0 aromatic heterocycles. The van der Waals surface area contributed by atoms with Gasteiger partial charge >= 0.3 is 0 Å². The first-order chi connectivity index (χ1) is 10.0. The Hall–Kier alpha value is -1.80. The van der Waals surface area contributed by atoms with Gasteiger partial charge in [0.25, 0.3) is 0 Å². The number of ether oxygens (including phenoxy) is 1. The van der Waals surface area contributed by atoms with Crippen molar-refractivity contribution in [2.24, 2.45) is 0 Å². The van der Waals surface area contributed by atoms with E-state index in [4.69, 9.17) is 4.74 Å². The van der Waals surface area contributed by atoms with Crippen LogP contribution in [0.2, 0.25) is 0 Å². The normalized spacial score (nSPS) is 12.5. The van der Waals surface area contributed by atoms with Crippen molar-refractivity contribution in [2.45, 2.75) is 46.1 Å². The van der Waals surface area contributed by atoms with E-state index in [1.54, 1.807) is 0 Å². The van der Waals surface area contributed by atoms with E-state index in [-0.39, 0.29) is 0 Å². The van der Waals surface area contributed by atoms with E-state index >= 15 is 0 Å². The van der Waals surface area contributed by atoms with Crippen molar-refractivity contribution in [3.8, 4) is 11.5 Å². The average molecular weight is 284 g/mol. The topological polar surface area (TPSA) is 29.5 Å². The second-order valence-corrected chi connectivity index (χ2v) is 5.76. The van der Waals surface area contributed by atoms with Gasteiger partial charge in [0.15, 0.2) is 0 Å². The predicted molar refractivity (Wildman–Crippen MR) is 87.0 cm³/mol. The Morgan fingerprint density at radius 1 is 1.00 bits per heavy atom. The maximum Gasteiger partial charge on any atom is 0.133 e. The minimum Gasteiger partial charge on any atom is -0.457 e. The third-order valence-electron chi connectivity index (χ3n) is 3.68. The lowest BCUT2D eigenvalue weighted by atomic mass is 10.0. The first kappa shape index (κ1) is 15.6. The maximum atomic E-state index is 10.1. The Balaban J connectivity index is 2.41. The number of aliphatic hydroxyl groups excluding tert-OH is 1. The molecule has 0 aliphatic heterocycles. The minimum absolute atomic E-state index is 0.392. The molecule has 0 aliphatic carbocycles. The summed E-state index contributed by atoms with van der Waals surface area (Å²) in [5.74, 6) is 2.00. The molecule has 0 fully saturated rings. The van der Waals surface area contributed by atoms with Gasteiger partial charge in [-0.15, -0.1) is 0 Å². The highest BCUT2D eigenvalue weighted by Gasteiger charge is 2.14. The van der Waals surface area contributed by atoms with E-state index in [9.17, 15) is 5.11 Å². The zero-order valence-corrected chi connectivity index (χ0v) is 13.3. The summed E-state index contributed by atoms with van der Waals surface area (Å²) in [7, 11) is 0. The van der Waals surface area contributed by atoms with Crippen LogP contribution in [0.1, 0.15) is 55.9 Å². The molecule has 0 bridgehead atoms. The van der Waals surface area contributed by atoms with Gasteiger partial charge in [0.05, 0.1) is 6.10 Å². The molecule has 2 aromatic carbocycles. The van der Waals surface area contributed by atoms with Crippen LogP contribution in [0, 0.1) is 6.92 Å². The highest BCUT2D eigenvalue weighted by Crippen LogP contribution is 2.35. The summed E-state index contributed by atoms with van der Waals surface area (Å²) >= 11 is 0. The van der Waals surface area contributed by atoms with Crippen LogP contribution in [0.15, 0.2) is 42.5 Å². The monoisotopic (exact) mass is 284 g/mol. The Morgan fingerprint density at radius 2 is 1.71 bits per heavy atom. The number of aryl methyl sites for hydroxylation is 1. The molecule has 0 amide bonds. The van der Waals surface area contributed by atoms with Crippen molar-refractivity contribution in [3.63, 3.8) is 0 Å². The number of rotatable bonds is 5. The Kier molecular flexibility index (Phi) is 5.03. The summed E-state index contributed by atoms with van der Waals surface area (Å²) in [5, 5.41) is 10.1. The van der Waals surface area contributed by atoms with Gasteiger partial charge in [-0.1, -0.05) is 51.1 Å². The van der Waals surface area contributed by atoms with Gasteiger partial charge in [-0.25, -0.2) is 0 Å². The lowest BCUT2D eigenvalue weighted by molar-refractivity contribution is 0.170. The summed E-state index contributed by atoms with van der Waals surface area (Å²) in [6, 6.07) is 14.0. The molecule has 0 aliphatic rings. The molecule has 1 atom stereocenters. The average Bonchev–Trinajstić information content (AvgIpc) is 2.47. The van der Waals surface area contributed by atoms with Gasteiger partial charge in [0.1, 0.15) is 11.5 Å². The maximum absolute atomic E-state index is 10.1. The zero-order valence-electron chi connectivity index (χ0n) is 13.3. The molecule has 2 nitrogen and oxygen atoms in total. The number of benzene rings is 2.